The number of nitro benzene ring substituents is 1. The molecule has 8 heteroatoms. The van der Waals surface area contributed by atoms with Gasteiger partial charge in [0.1, 0.15) is 0 Å². The third-order valence-corrected chi connectivity index (χ3v) is 4.84. The quantitative estimate of drug-likeness (QED) is 0.488. The molecule has 1 aromatic heterocycles. The van der Waals surface area contributed by atoms with E-state index in [0.717, 1.165) is 29.2 Å². The van der Waals surface area contributed by atoms with E-state index in [4.69, 9.17) is 0 Å². The normalized spacial score (nSPS) is 13.7. The lowest BCUT2D eigenvalue weighted by molar-refractivity contribution is -0.384. The van der Waals surface area contributed by atoms with Crippen molar-refractivity contribution in [2.24, 2.45) is 7.05 Å². The number of non-ortho nitro benzene ring substituents is 1. The maximum absolute atomic E-state index is 12.5. The van der Waals surface area contributed by atoms with Crippen LogP contribution in [-0.2, 0) is 18.3 Å². The summed E-state index contributed by atoms with van der Waals surface area (Å²) < 4.78 is 1.87. The SMILES string of the molecule is Cn1ccnc1SCC(=O)N1CCCc2cc([N+](=O)[O-])ccc21. The summed E-state index contributed by atoms with van der Waals surface area (Å²) in [7, 11) is 1.88. The zero-order chi connectivity index (χ0) is 16.4. The van der Waals surface area contributed by atoms with Crippen LogP contribution in [0.5, 0.6) is 0 Å². The van der Waals surface area contributed by atoms with E-state index in [2.05, 4.69) is 4.98 Å². The summed E-state index contributed by atoms with van der Waals surface area (Å²) in [6, 6.07) is 4.70. The van der Waals surface area contributed by atoms with Crippen LogP contribution in [0.1, 0.15) is 12.0 Å². The molecule has 0 unspecified atom stereocenters. The van der Waals surface area contributed by atoms with Crippen molar-refractivity contribution in [1.82, 2.24) is 9.55 Å². The second-order valence-corrected chi connectivity index (χ2v) is 6.27. The van der Waals surface area contributed by atoms with E-state index in [1.54, 1.807) is 23.2 Å². The summed E-state index contributed by atoms with van der Waals surface area (Å²) in [6.45, 7) is 0.644. The van der Waals surface area contributed by atoms with Crippen molar-refractivity contribution in [2.45, 2.75) is 18.0 Å². The fraction of sp³-hybridized carbons (Fsp3) is 0.333. The Kier molecular flexibility index (Phi) is 4.33. The zero-order valence-electron chi connectivity index (χ0n) is 12.6. The van der Waals surface area contributed by atoms with Crippen molar-refractivity contribution >= 4 is 29.0 Å². The van der Waals surface area contributed by atoms with Crippen molar-refractivity contribution in [3.05, 3.63) is 46.3 Å². The van der Waals surface area contributed by atoms with Gasteiger partial charge in [-0.25, -0.2) is 4.98 Å². The number of nitro groups is 1. The predicted octanol–water partition coefficient (Wildman–Crippen LogP) is 2.40. The van der Waals surface area contributed by atoms with Crippen LogP contribution in [-0.4, -0.2) is 32.7 Å². The van der Waals surface area contributed by atoms with Gasteiger partial charge in [0.05, 0.1) is 10.7 Å². The Morgan fingerprint density at radius 1 is 1.48 bits per heavy atom. The standard InChI is InChI=1S/C15H16N4O3S/c1-17-8-6-16-15(17)23-10-14(20)18-7-2-3-11-9-12(19(21)22)4-5-13(11)18/h4-6,8-9H,2-3,7,10H2,1H3. The minimum atomic E-state index is -0.405. The highest BCUT2D eigenvalue weighted by Gasteiger charge is 2.24. The first-order valence-corrected chi connectivity index (χ1v) is 8.22. The van der Waals surface area contributed by atoms with Gasteiger partial charge in [0.15, 0.2) is 5.16 Å². The second kappa shape index (κ2) is 6.41. The molecule has 0 N–H and O–H groups in total. The molecule has 0 aliphatic carbocycles. The Bertz CT molecular complexity index is 759. The first-order valence-electron chi connectivity index (χ1n) is 7.24. The summed E-state index contributed by atoms with van der Waals surface area (Å²) in [6.07, 6.45) is 5.10. The number of anilines is 1. The number of aromatic nitrogens is 2. The van der Waals surface area contributed by atoms with Crippen LogP contribution >= 0.6 is 11.8 Å². The number of carbonyl (C=O) groups is 1. The third-order valence-electron chi connectivity index (χ3n) is 3.80. The van der Waals surface area contributed by atoms with Crippen molar-refractivity contribution in [2.75, 3.05) is 17.2 Å². The molecule has 2 heterocycles. The van der Waals surface area contributed by atoms with E-state index in [0.29, 0.717) is 12.3 Å². The maximum Gasteiger partial charge on any atom is 0.269 e. The number of amides is 1. The first kappa shape index (κ1) is 15.5. The molecule has 3 rings (SSSR count). The molecular weight excluding hydrogens is 316 g/mol. The number of hydrogen-bond donors (Lipinski definition) is 0. The van der Waals surface area contributed by atoms with Crippen molar-refractivity contribution < 1.29 is 9.72 Å². The molecule has 0 atom stereocenters. The van der Waals surface area contributed by atoms with Crippen LogP contribution in [0, 0.1) is 10.1 Å². The molecule has 1 aliphatic heterocycles. The Morgan fingerprint density at radius 2 is 2.30 bits per heavy atom. The van der Waals surface area contributed by atoms with Crippen LogP contribution in [0.2, 0.25) is 0 Å². The number of aryl methyl sites for hydroxylation is 2. The van der Waals surface area contributed by atoms with E-state index in [-0.39, 0.29) is 11.6 Å². The Hall–Kier alpha value is -2.35. The lowest BCUT2D eigenvalue weighted by Gasteiger charge is -2.29. The average Bonchev–Trinajstić information content (AvgIpc) is 2.96. The highest BCUT2D eigenvalue weighted by atomic mass is 32.2. The summed E-state index contributed by atoms with van der Waals surface area (Å²) in [4.78, 5) is 28.9. The van der Waals surface area contributed by atoms with E-state index in [1.165, 1.54) is 17.8 Å². The van der Waals surface area contributed by atoms with E-state index in [9.17, 15) is 14.9 Å². The van der Waals surface area contributed by atoms with E-state index < -0.39 is 4.92 Å². The topological polar surface area (TPSA) is 81.3 Å². The van der Waals surface area contributed by atoms with Crippen LogP contribution in [0.15, 0.2) is 35.7 Å². The molecule has 1 aromatic carbocycles. The fourth-order valence-corrected chi connectivity index (χ4v) is 3.46. The van der Waals surface area contributed by atoms with Crippen LogP contribution in [0.3, 0.4) is 0 Å². The van der Waals surface area contributed by atoms with Crippen molar-refractivity contribution in [3.63, 3.8) is 0 Å². The number of fused-ring (bicyclic) bond motifs is 1. The highest BCUT2D eigenvalue weighted by Crippen LogP contribution is 2.31. The molecule has 1 amide bonds. The smallest absolute Gasteiger partial charge is 0.269 e. The Balaban J connectivity index is 1.75. The second-order valence-electron chi connectivity index (χ2n) is 5.33. The summed E-state index contributed by atoms with van der Waals surface area (Å²) >= 11 is 1.39. The lowest BCUT2D eigenvalue weighted by atomic mass is 10.0. The molecule has 0 fully saturated rings. The molecule has 0 saturated heterocycles. The van der Waals surface area contributed by atoms with Gasteiger partial charge in [0.2, 0.25) is 5.91 Å². The summed E-state index contributed by atoms with van der Waals surface area (Å²) in [5, 5.41) is 11.7. The Labute approximate surface area is 137 Å². The number of nitrogens with zero attached hydrogens (tertiary/aromatic N) is 4. The van der Waals surface area contributed by atoms with Gasteiger partial charge in [-0.05, 0) is 24.5 Å². The van der Waals surface area contributed by atoms with Gasteiger partial charge in [0, 0.05) is 43.8 Å². The fourth-order valence-electron chi connectivity index (χ4n) is 2.65. The highest BCUT2D eigenvalue weighted by molar-refractivity contribution is 7.99. The minimum Gasteiger partial charge on any atom is -0.329 e. The van der Waals surface area contributed by atoms with Gasteiger partial charge in [-0.2, -0.15) is 0 Å². The average molecular weight is 332 g/mol. The molecule has 120 valence electrons. The molecule has 1 aliphatic rings. The predicted molar refractivity (Wildman–Crippen MR) is 87.7 cm³/mol. The van der Waals surface area contributed by atoms with Crippen molar-refractivity contribution in [3.8, 4) is 0 Å². The first-order chi connectivity index (χ1) is 11.1. The molecule has 0 radical (unpaired) electrons. The zero-order valence-corrected chi connectivity index (χ0v) is 13.5. The number of rotatable bonds is 4. The summed E-state index contributed by atoms with van der Waals surface area (Å²) in [5.41, 5.74) is 1.72. The summed E-state index contributed by atoms with van der Waals surface area (Å²) in [5.74, 6) is 0.286. The van der Waals surface area contributed by atoms with Crippen molar-refractivity contribution in [1.29, 1.82) is 0 Å². The molecule has 0 spiro atoms. The largest absolute Gasteiger partial charge is 0.329 e. The molecule has 7 nitrogen and oxygen atoms in total. The van der Waals surface area contributed by atoms with Gasteiger partial charge >= 0.3 is 0 Å². The number of carbonyl (C=O) groups excluding carboxylic acids is 1. The minimum absolute atomic E-state index is 0.00666. The van der Waals surface area contributed by atoms with Crippen LogP contribution in [0.4, 0.5) is 11.4 Å². The third kappa shape index (κ3) is 3.21. The van der Waals surface area contributed by atoms with Gasteiger partial charge in [-0.3, -0.25) is 14.9 Å². The van der Waals surface area contributed by atoms with Crippen LogP contribution in [0.25, 0.3) is 0 Å². The maximum atomic E-state index is 12.5. The van der Waals surface area contributed by atoms with E-state index >= 15 is 0 Å². The number of thioether (sulfide) groups is 1. The number of hydrogen-bond acceptors (Lipinski definition) is 5. The van der Waals surface area contributed by atoms with E-state index in [1.807, 2.05) is 17.8 Å². The van der Waals surface area contributed by atoms with Gasteiger partial charge in [0.25, 0.3) is 5.69 Å². The molecular formula is C15H16N4O3S. The van der Waals surface area contributed by atoms with Crippen LogP contribution < -0.4 is 4.90 Å². The van der Waals surface area contributed by atoms with Gasteiger partial charge in [-0.1, -0.05) is 11.8 Å². The van der Waals surface area contributed by atoms with Gasteiger partial charge < -0.3 is 9.47 Å². The van der Waals surface area contributed by atoms with Gasteiger partial charge in [-0.15, -0.1) is 0 Å². The molecule has 0 saturated carbocycles. The monoisotopic (exact) mass is 332 g/mol. The molecule has 23 heavy (non-hydrogen) atoms. The molecule has 0 bridgehead atoms. The Morgan fingerprint density at radius 3 is 3.00 bits per heavy atom. The lowest BCUT2D eigenvalue weighted by Crippen LogP contribution is -2.36. The number of benzene rings is 1. The molecule has 2 aromatic rings. The number of imidazole rings is 1.